The average molecular weight is 468 g/mol. The Balaban J connectivity index is 1.90. The number of ketones is 1. The number of ether oxygens (including phenoxy) is 1. The third-order valence-electron chi connectivity index (χ3n) is 5.37. The molecule has 4 rings (SSSR count). The summed E-state index contributed by atoms with van der Waals surface area (Å²) in [5, 5.41) is 19.7. The number of Topliss-reactive ketones (excluding diaryl/α,β-unsaturated/α-hetero) is 1. The second-order valence-electron chi connectivity index (χ2n) is 7.80. The van der Waals surface area contributed by atoms with E-state index in [1.807, 2.05) is 31.2 Å². The summed E-state index contributed by atoms with van der Waals surface area (Å²) < 4.78 is 6.67. The fourth-order valence-corrected chi connectivity index (χ4v) is 6.27. The van der Waals surface area contributed by atoms with Gasteiger partial charge in [0.25, 0.3) is 0 Å². The van der Waals surface area contributed by atoms with Crippen LogP contribution in [0.5, 0.6) is 5.75 Å². The van der Waals surface area contributed by atoms with Crippen molar-refractivity contribution in [3.05, 3.63) is 52.5 Å². The number of carbonyl (C=O) groups is 1. The smallest absolute Gasteiger partial charge is 0.219 e. The van der Waals surface area contributed by atoms with Crippen LogP contribution in [0.3, 0.4) is 0 Å². The Kier molecular flexibility index (Phi) is 6.53. The minimum atomic E-state index is -0.556. The van der Waals surface area contributed by atoms with E-state index in [4.69, 9.17) is 10.5 Å². The van der Waals surface area contributed by atoms with E-state index in [0.717, 1.165) is 22.0 Å². The molecule has 2 aromatic rings. The van der Waals surface area contributed by atoms with Crippen molar-refractivity contribution in [2.75, 3.05) is 11.5 Å². The molecule has 0 fully saturated rings. The Morgan fingerprint density at radius 1 is 1.34 bits per heavy atom. The van der Waals surface area contributed by atoms with Gasteiger partial charge in [0.2, 0.25) is 5.13 Å². The number of allylic oxidation sites excluding steroid dienone is 3. The predicted octanol–water partition coefficient (Wildman–Crippen LogP) is 4.74. The third kappa shape index (κ3) is 4.00. The molecule has 0 saturated heterocycles. The van der Waals surface area contributed by atoms with E-state index in [-0.39, 0.29) is 5.78 Å². The van der Waals surface area contributed by atoms with Crippen molar-refractivity contribution in [2.45, 2.75) is 55.5 Å². The van der Waals surface area contributed by atoms with Gasteiger partial charge in [-0.2, -0.15) is 5.26 Å². The monoisotopic (exact) mass is 467 g/mol. The number of carbonyl (C=O) groups excluding carboxylic acids is 1. The summed E-state index contributed by atoms with van der Waals surface area (Å²) in [6.07, 6.45) is 1.86. The van der Waals surface area contributed by atoms with Crippen LogP contribution in [0, 0.1) is 11.3 Å². The van der Waals surface area contributed by atoms with Crippen LogP contribution in [0.2, 0.25) is 0 Å². The second kappa shape index (κ2) is 9.35. The SMILES string of the molecule is CCOc1ccccc1C1C(C#N)=C(N)N(c2nnc(SC(C)C)s2)C2=C1C(=O)CCC2. The lowest BCUT2D eigenvalue weighted by Gasteiger charge is -2.38. The number of hydrogen-bond donors (Lipinski definition) is 1. The van der Waals surface area contributed by atoms with Crippen LogP contribution in [0.4, 0.5) is 5.13 Å². The van der Waals surface area contributed by atoms with Gasteiger partial charge in [-0.05, 0) is 25.8 Å². The van der Waals surface area contributed by atoms with Gasteiger partial charge in [0.15, 0.2) is 10.1 Å². The minimum Gasteiger partial charge on any atom is -0.494 e. The average Bonchev–Trinajstić information content (AvgIpc) is 3.21. The molecule has 1 aromatic heterocycles. The van der Waals surface area contributed by atoms with Crippen LogP contribution >= 0.6 is 23.1 Å². The Hall–Kier alpha value is -2.83. The van der Waals surface area contributed by atoms with Crippen LogP contribution in [0.15, 0.2) is 51.3 Å². The molecular formula is C23H25N5O2S2. The zero-order valence-electron chi connectivity index (χ0n) is 18.3. The molecule has 1 aliphatic heterocycles. The molecule has 7 nitrogen and oxygen atoms in total. The maximum atomic E-state index is 13.2. The highest BCUT2D eigenvalue weighted by molar-refractivity contribution is 8.01. The van der Waals surface area contributed by atoms with E-state index in [1.54, 1.807) is 16.7 Å². The van der Waals surface area contributed by atoms with Gasteiger partial charge in [-0.1, -0.05) is 55.1 Å². The number of nitrogens with zero attached hydrogens (tertiary/aromatic N) is 4. The highest BCUT2D eigenvalue weighted by Gasteiger charge is 2.42. The molecule has 32 heavy (non-hydrogen) atoms. The first-order chi connectivity index (χ1) is 15.5. The number of benzene rings is 1. The van der Waals surface area contributed by atoms with Crippen LogP contribution in [0.25, 0.3) is 0 Å². The fourth-order valence-electron chi connectivity index (χ4n) is 4.16. The van der Waals surface area contributed by atoms with Gasteiger partial charge in [-0.3, -0.25) is 9.69 Å². The molecule has 1 aromatic carbocycles. The molecule has 1 aliphatic carbocycles. The van der Waals surface area contributed by atoms with Crippen LogP contribution in [-0.2, 0) is 4.79 Å². The Morgan fingerprint density at radius 3 is 2.84 bits per heavy atom. The maximum absolute atomic E-state index is 13.2. The molecule has 0 bridgehead atoms. The minimum absolute atomic E-state index is 0.0362. The summed E-state index contributed by atoms with van der Waals surface area (Å²) in [5.41, 5.74) is 9.15. The lowest BCUT2D eigenvalue weighted by atomic mass is 9.75. The molecule has 9 heteroatoms. The molecule has 0 spiro atoms. The fraction of sp³-hybridized carbons (Fsp3) is 0.391. The topological polar surface area (TPSA) is 105 Å². The lowest BCUT2D eigenvalue weighted by Crippen LogP contribution is -2.38. The van der Waals surface area contributed by atoms with Gasteiger partial charge in [0, 0.05) is 28.5 Å². The normalized spacial score (nSPS) is 18.8. The van der Waals surface area contributed by atoms with E-state index < -0.39 is 5.92 Å². The molecule has 2 aliphatic rings. The first-order valence-corrected chi connectivity index (χ1v) is 12.3. The summed E-state index contributed by atoms with van der Waals surface area (Å²) in [5.74, 6) is 0.439. The van der Waals surface area contributed by atoms with Gasteiger partial charge in [0.1, 0.15) is 11.6 Å². The highest BCUT2D eigenvalue weighted by atomic mass is 32.2. The van der Waals surface area contributed by atoms with Crippen molar-refractivity contribution in [3.63, 3.8) is 0 Å². The quantitative estimate of drug-likeness (QED) is 0.607. The van der Waals surface area contributed by atoms with E-state index in [1.165, 1.54) is 11.3 Å². The Morgan fingerprint density at radius 2 is 2.12 bits per heavy atom. The van der Waals surface area contributed by atoms with E-state index >= 15 is 0 Å². The highest BCUT2D eigenvalue weighted by Crippen LogP contribution is 2.48. The molecule has 2 heterocycles. The van der Waals surface area contributed by atoms with Crippen molar-refractivity contribution >= 4 is 34.0 Å². The molecule has 0 radical (unpaired) electrons. The van der Waals surface area contributed by atoms with Crippen molar-refractivity contribution in [3.8, 4) is 11.8 Å². The lowest BCUT2D eigenvalue weighted by molar-refractivity contribution is -0.116. The molecule has 0 amide bonds. The summed E-state index contributed by atoms with van der Waals surface area (Å²) in [6.45, 7) is 6.58. The van der Waals surface area contributed by atoms with Gasteiger partial charge < -0.3 is 10.5 Å². The largest absolute Gasteiger partial charge is 0.494 e. The van der Waals surface area contributed by atoms with Crippen molar-refractivity contribution in [2.24, 2.45) is 5.73 Å². The van der Waals surface area contributed by atoms with Crippen LogP contribution < -0.4 is 15.4 Å². The zero-order valence-corrected chi connectivity index (χ0v) is 19.9. The van der Waals surface area contributed by atoms with Crippen molar-refractivity contribution in [1.29, 1.82) is 5.26 Å². The summed E-state index contributed by atoms with van der Waals surface area (Å²) in [7, 11) is 0. The number of thioether (sulfide) groups is 1. The molecule has 1 unspecified atom stereocenters. The molecule has 1 atom stereocenters. The summed E-state index contributed by atoms with van der Waals surface area (Å²) in [4.78, 5) is 15.0. The number of para-hydroxylation sites is 1. The van der Waals surface area contributed by atoms with E-state index in [2.05, 4.69) is 30.1 Å². The van der Waals surface area contributed by atoms with Gasteiger partial charge >= 0.3 is 0 Å². The van der Waals surface area contributed by atoms with Gasteiger partial charge in [0.05, 0.1) is 24.2 Å². The first-order valence-electron chi connectivity index (χ1n) is 10.6. The maximum Gasteiger partial charge on any atom is 0.219 e. The zero-order chi connectivity index (χ0) is 22.8. The number of nitriles is 1. The number of rotatable bonds is 6. The van der Waals surface area contributed by atoms with Crippen LogP contribution in [-0.4, -0.2) is 27.8 Å². The molecule has 0 saturated carbocycles. The molecule has 2 N–H and O–H groups in total. The molecular weight excluding hydrogens is 442 g/mol. The summed E-state index contributed by atoms with van der Waals surface area (Å²) in [6, 6.07) is 9.84. The Bertz CT molecular complexity index is 1150. The van der Waals surface area contributed by atoms with Crippen LogP contribution in [0.1, 0.15) is 51.5 Å². The Labute approximate surface area is 196 Å². The van der Waals surface area contributed by atoms with Gasteiger partial charge in [-0.15, -0.1) is 10.2 Å². The predicted molar refractivity (Wildman–Crippen MR) is 126 cm³/mol. The first kappa shape index (κ1) is 22.4. The number of anilines is 1. The number of nitrogens with two attached hydrogens (primary N) is 1. The van der Waals surface area contributed by atoms with Crippen molar-refractivity contribution in [1.82, 2.24) is 10.2 Å². The molecule has 166 valence electrons. The standard InChI is InChI=1S/C23H25N5O2S2/c1-4-30-18-11-6-5-8-14(18)19-15(12-24)21(25)28(16-9-7-10-17(29)20(16)19)22-26-27-23(32-22)31-13(2)3/h5-6,8,11,13,19H,4,7,9-10,25H2,1-3H3. The number of hydrogen-bond acceptors (Lipinski definition) is 9. The third-order valence-corrected chi connectivity index (χ3v) is 7.36. The van der Waals surface area contributed by atoms with Crippen molar-refractivity contribution < 1.29 is 9.53 Å². The van der Waals surface area contributed by atoms with E-state index in [9.17, 15) is 10.1 Å². The number of aromatic nitrogens is 2. The second-order valence-corrected chi connectivity index (χ2v) is 10.6. The van der Waals surface area contributed by atoms with E-state index in [0.29, 0.717) is 52.5 Å². The van der Waals surface area contributed by atoms with Gasteiger partial charge in [-0.25, -0.2) is 0 Å². The summed E-state index contributed by atoms with van der Waals surface area (Å²) >= 11 is 3.04.